The number of fused-ring (bicyclic) bond motifs is 1. The summed E-state index contributed by atoms with van der Waals surface area (Å²) in [4.78, 5) is 9.71. The van der Waals surface area contributed by atoms with Gasteiger partial charge in [0.1, 0.15) is 0 Å². The Balaban J connectivity index is 1.66. The first-order chi connectivity index (χ1) is 11.8. The number of benzene rings is 2. The third-order valence-electron chi connectivity index (χ3n) is 5.01. The van der Waals surface area contributed by atoms with Crippen molar-refractivity contribution in [3.8, 4) is 0 Å². The zero-order chi connectivity index (χ0) is 16.4. The molecule has 1 atom stereocenters. The highest BCUT2D eigenvalue weighted by atomic mass is 15.3. The standard InChI is InChI=1S/C20H24N4/c1-23-11-13-24(14-12-23)20-21-15-18(16-7-3-2-4-8-16)17-9-5-6-10-19(17)22-20/h2-10,18H,11-15H2,1H3,(H,21,22). The lowest BCUT2D eigenvalue weighted by molar-refractivity contribution is 0.215. The Kier molecular flexibility index (Phi) is 4.22. The molecule has 0 radical (unpaired) electrons. The molecular formula is C20H24N4. The molecule has 2 aromatic rings. The largest absolute Gasteiger partial charge is 0.340 e. The van der Waals surface area contributed by atoms with Crippen LogP contribution in [0.25, 0.3) is 0 Å². The van der Waals surface area contributed by atoms with Crippen molar-refractivity contribution >= 4 is 11.6 Å². The molecule has 1 unspecified atom stereocenters. The second-order valence-corrected chi connectivity index (χ2v) is 6.63. The van der Waals surface area contributed by atoms with Crippen LogP contribution in [0.2, 0.25) is 0 Å². The van der Waals surface area contributed by atoms with Gasteiger partial charge in [0, 0.05) is 37.8 Å². The zero-order valence-corrected chi connectivity index (χ0v) is 14.2. The lowest BCUT2D eigenvalue weighted by atomic mass is 9.90. The first-order valence-corrected chi connectivity index (χ1v) is 8.70. The van der Waals surface area contributed by atoms with Gasteiger partial charge in [0.2, 0.25) is 0 Å². The van der Waals surface area contributed by atoms with Gasteiger partial charge in [-0.2, -0.15) is 0 Å². The fourth-order valence-corrected chi connectivity index (χ4v) is 3.52. The number of nitrogens with zero attached hydrogens (tertiary/aromatic N) is 3. The van der Waals surface area contributed by atoms with Gasteiger partial charge in [-0.05, 0) is 24.2 Å². The highest BCUT2D eigenvalue weighted by Crippen LogP contribution is 2.32. The molecule has 1 fully saturated rings. The highest BCUT2D eigenvalue weighted by molar-refractivity contribution is 5.95. The van der Waals surface area contributed by atoms with Crippen molar-refractivity contribution in [2.24, 2.45) is 4.99 Å². The molecule has 0 amide bonds. The van der Waals surface area contributed by atoms with Crippen LogP contribution in [0.5, 0.6) is 0 Å². The molecule has 4 nitrogen and oxygen atoms in total. The SMILES string of the molecule is CN1CCN(C2=NCC(c3ccccc3)c3ccccc3N2)CC1. The van der Waals surface area contributed by atoms with E-state index in [1.54, 1.807) is 0 Å². The summed E-state index contributed by atoms with van der Waals surface area (Å²) in [6.07, 6.45) is 0. The molecule has 1 saturated heterocycles. The number of para-hydroxylation sites is 1. The van der Waals surface area contributed by atoms with E-state index in [9.17, 15) is 0 Å². The van der Waals surface area contributed by atoms with Gasteiger partial charge < -0.3 is 15.1 Å². The fourth-order valence-electron chi connectivity index (χ4n) is 3.52. The lowest BCUT2D eigenvalue weighted by Crippen LogP contribution is -2.49. The minimum absolute atomic E-state index is 0.305. The van der Waals surface area contributed by atoms with Crippen LogP contribution < -0.4 is 5.32 Å². The van der Waals surface area contributed by atoms with Crippen molar-refractivity contribution in [2.75, 3.05) is 45.1 Å². The van der Waals surface area contributed by atoms with E-state index in [2.05, 4.69) is 76.8 Å². The van der Waals surface area contributed by atoms with E-state index in [0.717, 1.165) is 38.7 Å². The molecule has 2 aliphatic heterocycles. The number of guanidine groups is 1. The summed E-state index contributed by atoms with van der Waals surface area (Å²) in [6.45, 7) is 5.02. The second-order valence-electron chi connectivity index (χ2n) is 6.63. The number of likely N-dealkylation sites (N-methyl/N-ethyl adjacent to an activating group) is 1. The summed E-state index contributed by atoms with van der Waals surface area (Å²) >= 11 is 0. The summed E-state index contributed by atoms with van der Waals surface area (Å²) in [5, 5.41) is 3.60. The van der Waals surface area contributed by atoms with Crippen molar-refractivity contribution < 1.29 is 0 Å². The zero-order valence-electron chi connectivity index (χ0n) is 14.2. The van der Waals surface area contributed by atoms with Crippen LogP contribution in [-0.2, 0) is 0 Å². The van der Waals surface area contributed by atoms with Crippen molar-refractivity contribution in [3.63, 3.8) is 0 Å². The van der Waals surface area contributed by atoms with Crippen LogP contribution in [-0.4, -0.2) is 55.5 Å². The van der Waals surface area contributed by atoms with Crippen LogP contribution in [0.3, 0.4) is 0 Å². The molecule has 2 aromatic carbocycles. The van der Waals surface area contributed by atoms with Gasteiger partial charge in [-0.3, -0.25) is 4.99 Å². The predicted octanol–water partition coefficient (Wildman–Crippen LogP) is 2.85. The van der Waals surface area contributed by atoms with Crippen molar-refractivity contribution in [3.05, 3.63) is 65.7 Å². The van der Waals surface area contributed by atoms with Gasteiger partial charge in [-0.1, -0.05) is 48.5 Å². The van der Waals surface area contributed by atoms with E-state index in [1.807, 2.05) is 0 Å². The van der Waals surface area contributed by atoms with Gasteiger partial charge in [-0.15, -0.1) is 0 Å². The molecule has 24 heavy (non-hydrogen) atoms. The number of rotatable bonds is 1. The number of anilines is 1. The van der Waals surface area contributed by atoms with Gasteiger partial charge in [-0.25, -0.2) is 0 Å². The van der Waals surface area contributed by atoms with E-state index in [4.69, 9.17) is 4.99 Å². The second kappa shape index (κ2) is 6.65. The van der Waals surface area contributed by atoms with Gasteiger partial charge >= 0.3 is 0 Å². The van der Waals surface area contributed by atoms with Crippen molar-refractivity contribution in [1.29, 1.82) is 0 Å². The Morgan fingerprint density at radius 3 is 2.42 bits per heavy atom. The quantitative estimate of drug-likeness (QED) is 0.876. The Morgan fingerprint density at radius 1 is 0.917 bits per heavy atom. The molecule has 0 aromatic heterocycles. The van der Waals surface area contributed by atoms with Crippen LogP contribution >= 0.6 is 0 Å². The molecule has 4 rings (SSSR count). The minimum Gasteiger partial charge on any atom is -0.340 e. The first kappa shape index (κ1) is 15.2. The monoisotopic (exact) mass is 320 g/mol. The van der Waals surface area contributed by atoms with E-state index < -0.39 is 0 Å². The van der Waals surface area contributed by atoms with E-state index >= 15 is 0 Å². The Morgan fingerprint density at radius 2 is 1.62 bits per heavy atom. The van der Waals surface area contributed by atoms with E-state index in [0.29, 0.717) is 5.92 Å². The number of hydrogen-bond donors (Lipinski definition) is 1. The number of hydrogen-bond acceptors (Lipinski definition) is 4. The summed E-state index contributed by atoms with van der Waals surface area (Å²) in [6, 6.07) is 19.3. The van der Waals surface area contributed by atoms with E-state index in [-0.39, 0.29) is 0 Å². The molecule has 124 valence electrons. The Hall–Kier alpha value is -2.33. The molecule has 0 bridgehead atoms. The average Bonchev–Trinajstić information content (AvgIpc) is 2.83. The third-order valence-corrected chi connectivity index (χ3v) is 5.01. The maximum absolute atomic E-state index is 4.96. The highest BCUT2D eigenvalue weighted by Gasteiger charge is 2.24. The maximum Gasteiger partial charge on any atom is 0.198 e. The topological polar surface area (TPSA) is 30.9 Å². The first-order valence-electron chi connectivity index (χ1n) is 8.70. The minimum atomic E-state index is 0.305. The van der Waals surface area contributed by atoms with Crippen molar-refractivity contribution in [2.45, 2.75) is 5.92 Å². The molecule has 2 aliphatic rings. The van der Waals surface area contributed by atoms with Crippen LogP contribution in [0.1, 0.15) is 17.0 Å². The Labute approximate surface area is 143 Å². The molecular weight excluding hydrogens is 296 g/mol. The number of aliphatic imine (C=N–C) groups is 1. The van der Waals surface area contributed by atoms with Crippen LogP contribution in [0.15, 0.2) is 59.6 Å². The molecule has 0 saturated carbocycles. The molecule has 1 N–H and O–H groups in total. The summed E-state index contributed by atoms with van der Waals surface area (Å²) in [7, 11) is 2.18. The normalized spacial score (nSPS) is 21.5. The number of piperazine rings is 1. The molecule has 0 aliphatic carbocycles. The third kappa shape index (κ3) is 3.02. The van der Waals surface area contributed by atoms with E-state index in [1.165, 1.54) is 16.8 Å². The fraction of sp³-hybridized carbons (Fsp3) is 0.350. The smallest absolute Gasteiger partial charge is 0.198 e. The molecule has 4 heteroatoms. The number of nitrogens with one attached hydrogen (secondary N) is 1. The maximum atomic E-state index is 4.96. The molecule has 0 spiro atoms. The van der Waals surface area contributed by atoms with Gasteiger partial charge in [0.25, 0.3) is 0 Å². The van der Waals surface area contributed by atoms with Crippen LogP contribution in [0.4, 0.5) is 5.69 Å². The average molecular weight is 320 g/mol. The van der Waals surface area contributed by atoms with Crippen molar-refractivity contribution in [1.82, 2.24) is 9.80 Å². The summed E-state index contributed by atoms with van der Waals surface area (Å²) in [5.41, 5.74) is 3.84. The summed E-state index contributed by atoms with van der Waals surface area (Å²) in [5.74, 6) is 1.33. The van der Waals surface area contributed by atoms with Gasteiger partial charge in [0.15, 0.2) is 5.96 Å². The Bertz CT molecular complexity index is 717. The predicted molar refractivity (Wildman–Crippen MR) is 99.7 cm³/mol. The molecule has 2 heterocycles. The summed E-state index contributed by atoms with van der Waals surface area (Å²) < 4.78 is 0. The van der Waals surface area contributed by atoms with Gasteiger partial charge in [0.05, 0.1) is 6.54 Å². The van der Waals surface area contributed by atoms with Crippen LogP contribution in [0, 0.1) is 0 Å². The lowest BCUT2D eigenvalue weighted by Gasteiger charge is -2.34.